The highest BCUT2D eigenvalue weighted by Crippen LogP contribution is 2.38. The van der Waals surface area contributed by atoms with Crippen LogP contribution in [0.1, 0.15) is 66.8 Å². The molecular weight excluding hydrogens is 194 g/mol. The van der Waals surface area contributed by atoms with E-state index < -0.39 is 0 Å². The van der Waals surface area contributed by atoms with E-state index in [1.165, 1.54) is 37.7 Å². The Morgan fingerprint density at radius 2 is 1.62 bits per heavy atom. The van der Waals surface area contributed by atoms with Gasteiger partial charge in [0.15, 0.2) is 0 Å². The van der Waals surface area contributed by atoms with Gasteiger partial charge in [0.05, 0.1) is 0 Å². The lowest BCUT2D eigenvalue weighted by Crippen LogP contribution is -2.21. The molecule has 0 saturated heterocycles. The van der Waals surface area contributed by atoms with E-state index in [-0.39, 0.29) is 0 Å². The molecule has 0 spiro atoms. The predicted octanol–water partition coefficient (Wildman–Crippen LogP) is 3.46. The third-order valence-corrected chi connectivity index (χ3v) is 4.39. The summed E-state index contributed by atoms with van der Waals surface area (Å²) in [4.78, 5) is 0. The van der Waals surface area contributed by atoms with Crippen LogP contribution in [0.5, 0.6) is 0 Å². The van der Waals surface area contributed by atoms with E-state index in [1.807, 2.05) is 0 Å². The van der Waals surface area contributed by atoms with Gasteiger partial charge in [0.2, 0.25) is 0 Å². The highest BCUT2D eigenvalue weighted by Gasteiger charge is 2.24. The molecule has 0 amide bonds. The highest BCUT2D eigenvalue weighted by molar-refractivity contribution is 5.44. The van der Waals surface area contributed by atoms with Gasteiger partial charge in [-0.1, -0.05) is 19.1 Å². The van der Waals surface area contributed by atoms with Crippen molar-refractivity contribution in [1.82, 2.24) is 0 Å². The number of benzene rings is 1. The Kier molecular flexibility index (Phi) is 2.51. The molecule has 0 aromatic heterocycles. The number of hydrogen-bond acceptors (Lipinski definition) is 1. The van der Waals surface area contributed by atoms with Crippen molar-refractivity contribution < 1.29 is 0 Å². The van der Waals surface area contributed by atoms with Crippen molar-refractivity contribution in [1.29, 1.82) is 0 Å². The van der Waals surface area contributed by atoms with Crippen molar-refractivity contribution in [3.05, 3.63) is 34.4 Å². The van der Waals surface area contributed by atoms with Gasteiger partial charge in [-0.05, 0) is 66.7 Å². The fourth-order valence-corrected chi connectivity index (χ4v) is 3.31. The van der Waals surface area contributed by atoms with Gasteiger partial charge in [-0.2, -0.15) is 0 Å². The summed E-state index contributed by atoms with van der Waals surface area (Å²) in [5.74, 6) is 0.710. The minimum Gasteiger partial charge on any atom is -0.324 e. The minimum atomic E-state index is 0.290. The summed E-state index contributed by atoms with van der Waals surface area (Å²) in [5, 5.41) is 0. The van der Waals surface area contributed by atoms with E-state index in [2.05, 4.69) is 19.1 Å². The lowest BCUT2D eigenvalue weighted by Gasteiger charge is -2.30. The van der Waals surface area contributed by atoms with Crippen LogP contribution in [0.2, 0.25) is 0 Å². The Balaban J connectivity index is 2.11. The molecule has 2 aliphatic carbocycles. The molecule has 16 heavy (non-hydrogen) atoms. The molecule has 1 nitrogen and oxygen atoms in total. The maximum Gasteiger partial charge on any atom is 0.0297 e. The molecule has 1 unspecified atom stereocenters. The number of rotatable bonds is 0. The van der Waals surface area contributed by atoms with Gasteiger partial charge in [-0.15, -0.1) is 0 Å². The Labute approximate surface area is 98.0 Å². The molecule has 2 aliphatic rings. The van der Waals surface area contributed by atoms with Crippen LogP contribution < -0.4 is 5.73 Å². The summed E-state index contributed by atoms with van der Waals surface area (Å²) in [7, 11) is 0. The van der Waals surface area contributed by atoms with E-state index in [4.69, 9.17) is 5.73 Å². The first-order valence-electron chi connectivity index (χ1n) is 6.67. The average Bonchev–Trinajstić information content (AvgIpc) is 2.32. The minimum absolute atomic E-state index is 0.290. The van der Waals surface area contributed by atoms with Crippen LogP contribution in [-0.2, 0) is 12.8 Å². The lowest BCUT2D eigenvalue weighted by atomic mass is 9.77. The monoisotopic (exact) mass is 215 g/mol. The van der Waals surface area contributed by atoms with Crippen LogP contribution in [0, 0.1) is 0 Å². The average molecular weight is 215 g/mol. The highest BCUT2D eigenvalue weighted by atomic mass is 14.6. The van der Waals surface area contributed by atoms with Gasteiger partial charge >= 0.3 is 0 Å². The SMILES string of the molecule is CC1CC[C@H](N)c2cc3c(cc21)CCCC3. The zero-order chi connectivity index (χ0) is 11.1. The second-order valence-corrected chi connectivity index (χ2v) is 5.54. The largest absolute Gasteiger partial charge is 0.324 e. The quantitative estimate of drug-likeness (QED) is 0.704. The smallest absolute Gasteiger partial charge is 0.0297 e. The third-order valence-electron chi connectivity index (χ3n) is 4.39. The summed E-state index contributed by atoms with van der Waals surface area (Å²) in [6.07, 6.45) is 7.69. The predicted molar refractivity (Wildman–Crippen MR) is 67.7 cm³/mol. The van der Waals surface area contributed by atoms with Gasteiger partial charge < -0.3 is 5.73 Å². The first-order valence-corrected chi connectivity index (χ1v) is 6.67. The van der Waals surface area contributed by atoms with E-state index >= 15 is 0 Å². The van der Waals surface area contributed by atoms with E-state index in [1.54, 1.807) is 16.7 Å². The molecule has 0 saturated carbocycles. The Morgan fingerprint density at radius 3 is 2.31 bits per heavy atom. The van der Waals surface area contributed by atoms with Gasteiger partial charge in [-0.3, -0.25) is 0 Å². The fraction of sp³-hybridized carbons (Fsp3) is 0.600. The molecule has 0 aliphatic heterocycles. The second kappa shape index (κ2) is 3.89. The summed E-state index contributed by atoms with van der Waals surface area (Å²) in [5.41, 5.74) is 12.4. The molecule has 1 aromatic carbocycles. The molecular formula is C15H21N. The van der Waals surface area contributed by atoms with Crippen molar-refractivity contribution >= 4 is 0 Å². The maximum atomic E-state index is 6.24. The first kappa shape index (κ1) is 10.3. The van der Waals surface area contributed by atoms with Crippen LogP contribution in [-0.4, -0.2) is 0 Å². The Morgan fingerprint density at radius 1 is 1.00 bits per heavy atom. The van der Waals surface area contributed by atoms with Crippen molar-refractivity contribution in [3.63, 3.8) is 0 Å². The standard InChI is InChI=1S/C15H21N/c1-10-6-7-15(16)14-9-12-5-3-2-4-11(12)8-13(10)14/h8-10,15H,2-7,16H2,1H3/t10?,15-/m0/s1. The van der Waals surface area contributed by atoms with Crippen LogP contribution in [0.4, 0.5) is 0 Å². The molecule has 0 radical (unpaired) electrons. The second-order valence-electron chi connectivity index (χ2n) is 5.54. The van der Waals surface area contributed by atoms with Gasteiger partial charge in [0.1, 0.15) is 0 Å². The molecule has 0 fully saturated rings. The van der Waals surface area contributed by atoms with Gasteiger partial charge in [-0.25, -0.2) is 0 Å². The summed E-state index contributed by atoms with van der Waals surface area (Å²) in [6, 6.07) is 5.18. The fourth-order valence-electron chi connectivity index (χ4n) is 3.31. The Bertz CT molecular complexity index is 369. The lowest BCUT2D eigenvalue weighted by molar-refractivity contribution is 0.510. The zero-order valence-corrected chi connectivity index (χ0v) is 10.1. The van der Waals surface area contributed by atoms with Crippen LogP contribution in [0.25, 0.3) is 0 Å². The topological polar surface area (TPSA) is 26.0 Å². The van der Waals surface area contributed by atoms with Gasteiger partial charge in [0.25, 0.3) is 0 Å². The number of hydrogen-bond donors (Lipinski definition) is 1. The van der Waals surface area contributed by atoms with Crippen LogP contribution in [0.3, 0.4) is 0 Å². The van der Waals surface area contributed by atoms with Gasteiger partial charge in [0, 0.05) is 6.04 Å². The first-order chi connectivity index (χ1) is 7.75. The molecule has 0 bridgehead atoms. The van der Waals surface area contributed by atoms with E-state index in [9.17, 15) is 0 Å². The van der Waals surface area contributed by atoms with Crippen LogP contribution in [0.15, 0.2) is 12.1 Å². The van der Waals surface area contributed by atoms with E-state index in [0.717, 1.165) is 6.42 Å². The van der Waals surface area contributed by atoms with Crippen LogP contribution >= 0.6 is 0 Å². The van der Waals surface area contributed by atoms with Crippen molar-refractivity contribution in [2.24, 2.45) is 5.73 Å². The summed E-state index contributed by atoms with van der Waals surface area (Å²) >= 11 is 0. The molecule has 3 rings (SSSR count). The van der Waals surface area contributed by atoms with Crippen molar-refractivity contribution in [2.45, 2.75) is 57.4 Å². The van der Waals surface area contributed by atoms with E-state index in [0.29, 0.717) is 12.0 Å². The molecule has 2 atom stereocenters. The molecule has 1 aromatic rings. The number of fused-ring (bicyclic) bond motifs is 2. The molecule has 2 N–H and O–H groups in total. The zero-order valence-electron chi connectivity index (χ0n) is 10.1. The number of aryl methyl sites for hydroxylation is 2. The summed E-state index contributed by atoms with van der Waals surface area (Å²) in [6.45, 7) is 2.35. The molecule has 1 heteroatoms. The summed E-state index contributed by atoms with van der Waals surface area (Å²) < 4.78 is 0. The maximum absolute atomic E-state index is 6.24. The van der Waals surface area contributed by atoms with Crippen molar-refractivity contribution in [2.75, 3.05) is 0 Å². The molecule has 0 heterocycles. The molecule has 86 valence electrons. The third kappa shape index (κ3) is 1.58. The van der Waals surface area contributed by atoms with Crippen molar-refractivity contribution in [3.8, 4) is 0 Å². The number of nitrogens with two attached hydrogens (primary N) is 1. The normalized spacial score (nSPS) is 28.4. The Hall–Kier alpha value is -0.820.